The Bertz CT molecular complexity index is 933. The van der Waals surface area contributed by atoms with E-state index in [-0.39, 0.29) is 24.4 Å². The highest BCUT2D eigenvalue weighted by Gasteiger charge is 2.24. The molecule has 156 valence electrons. The average Bonchev–Trinajstić information content (AvgIpc) is 3.16. The quantitative estimate of drug-likeness (QED) is 0.600. The highest BCUT2D eigenvalue weighted by Crippen LogP contribution is 2.22. The first-order valence-electron chi connectivity index (χ1n) is 9.77. The van der Waals surface area contributed by atoms with Crippen molar-refractivity contribution in [2.75, 3.05) is 18.9 Å². The van der Waals surface area contributed by atoms with Crippen LogP contribution in [-0.2, 0) is 9.59 Å². The van der Waals surface area contributed by atoms with Crippen LogP contribution in [0.15, 0.2) is 71.3 Å². The van der Waals surface area contributed by atoms with Crippen LogP contribution in [0.25, 0.3) is 0 Å². The molecule has 0 saturated carbocycles. The summed E-state index contributed by atoms with van der Waals surface area (Å²) in [4.78, 5) is 26.9. The lowest BCUT2D eigenvalue weighted by Crippen LogP contribution is -2.47. The summed E-state index contributed by atoms with van der Waals surface area (Å²) in [6, 6.07) is 20.5. The predicted octanol–water partition coefficient (Wildman–Crippen LogP) is 3.15. The molecule has 3 aromatic rings. The van der Waals surface area contributed by atoms with Crippen LogP contribution in [0, 0.1) is 6.92 Å². The lowest BCUT2D eigenvalue weighted by atomic mass is 9.98. The van der Waals surface area contributed by atoms with E-state index in [0.29, 0.717) is 11.6 Å². The number of aryl methyl sites for hydroxylation is 1. The maximum absolute atomic E-state index is 13.0. The molecule has 2 amide bonds. The van der Waals surface area contributed by atoms with E-state index in [2.05, 4.69) is 15.8 Å². The van der Waals surface area contributed by atoms with Gasteiger partial charge in [0.05, 0.1) is 18.6 Å². The summed E-state index contributed by atoms with van der Waals surface area (Å²) in [6.07, 6.45) is 0. The zero-order valence-electron chi connectivity index (χ0n) is 17.3. The van der Waals surface area contributed by atoms with E-state index in [9.17, 15) is 9.59 Å². The Morgan fingerprint density at radius 3 is 2.10 bits per heavy atom. The number of carbonyl (C=O) groups excluding carboxylic acids is 2. The molecule has 0 bridgehead atoms. The van der Waals surface area contributed by atoms with Crippen LogP contribution in [0.3, 0.4) is 0 Å². The third kappa shape index (κ3) is 5.55. The summed E-state index contributed by atoms with van der Waals surface area (Å²) < 4.78 is 4.94. The number of amides is 2. The third-order valence-corrected chi connectivity index (χ3v) is 4.88. The molecule has 0 saturated heterocycles. The van der Waals surface area contributed by atoms with Crippen LogP contribution in [0.1, 0.15) is 29.9 Å². The average molecular weight is 406 g/mol. The second-order valence-electron chi connectivity index (χ2n) is 7.23. The van der Waals surface area contributed by atoms with Crippen molar-refractivity contribution in [3.05, 3.63) is 83.6 Å². The van der Waals surface area contributed by atoms with Crippen LogP contribution in [0.4, 0.5) is 5.82 Å². The van der Waals surface area contributed by atoms with Crippen molar-refractivity contribution in [1.82, 2.24) is 15.4 Å². The molecule has 0 aliphatic heterocycles. The second-order valence-corrected chi connectivity index (χ2v) is 7.23. The Morgan fingerprint density at radius 2 is 1.60 bits per heavy atom. The van der Waals surface area contributed by atoms with Gasteiger partial charge in [0.15, 0.2) is 5.82 Å². The van der Waals surface area contributed by atoms with Crippen molar-refractivity contribution in [2.24, 2.45) is 0 Å². The number of anilines is 1. The van der Waals surface area contributed by atoms with Crippen LogP contribution in [-0.4, -0.2) is 41.5 Å². The molecule has 0 aliphatic carbocycles. The van der Waals surface area contributed by atoms with E-state index < -0.39 is 6.04 Å². The molecule has 1 atom stereocenters. The lowest BCUT2D eigenvalue weighted by molar-refractivity contribution is -0.127. The summed E-state index contributed by atoms with van der Waals surface area (Å²) in [5.41, 5.74) is 1.98. The minimum atomic E-state index is -0.510. The molecule has 2 N–H and O–H groups in total. The highest BCUT2D eigenvalue weighted by molar-refractivity contribution is 5.92. The SMILES string of the molecule is Cc1cc(NC(=O)CN(C)C(C)C(=O)NC(c2ccccc2)c2ccccc2)no1. The molecule has 1 heterocycles. The molecule has 1 unspecified atom stereocenters. The van der Waals surface area contributed by atoms with Gasteiger partial charge in [0, 0.05) is 6.07 Å². The monoisotopic (exact) mass is 406 g/mol. The van der Waals surface area contributed by atoms with Crippen molar-refractivity contribution in [2.45, 2.75) is 25.9 Å². The number of rotatable bonds is 8. The first-order valence-corrected chi connectivity index (χ1v) is 9.77. The van der Waals surface area contributed by atoms with Gasteiger partial charge in [-0.15, -0.1) is 0 Å². The first kappa shape index (κ1) is 21.3. The van der Waals surface area contributed by atoms with Crippen LogP contribution in [0.2, 0.25) is 0 Å². The van der Waals surface area contributed by atoms with E-state index in [1.165, 1.54) is 0 Å². The molecule has 0 fully saturated rings. The number of hydrogen-bond donors (Lipinski definition) is 2. The van der Waals surface area contributed by atoms with Gasteiger partial charge in [-0.05, 0) is 32.0 Å². The van der Waals surface area contributed by atoms with Gasteiger partial charge < -0.3 is 15.2 Å². The van der Waals surface area contributed by atoms with E-state index in [0.717, 1.165) is 11.1 Å². The van der Waals surface area contributed by atoms with Gasteiger partial charge in [0.2, 0.25) is 11.8 Å². The summed E-state index contributed by atoms with van der Waals surface area (Å²) in [6.45, 7) is 3.56. The van der Waals surface area contributed by atoms with Crippen LogP contribution in [0.5, 0.6) is 0 Å². The molecular weight excluding hydrogens is 380 g/mol. The maximum Gasteiger partial charge on any atom is 0.239 e. The number of nitrogens with one attached hydrogen (secondary N) is 2. The van der Waals surface area contributed by atoms with Gasteiger partial charge in [-0.3, -0.25) is 14.5 Å². The fourth-order valence-electron chi connectivity index (χ4n) is 3.08. The largest absolute Gasteiger partial charge is 0.360 e. The highest BCUT2D eigenvalue weighted by atomic mass is 16.5. The minimum Gasteiger partial charge on any atom is -0.360 e. The lowest BCUT2D eigenvalue weighted by Gasteiger charge is -2.26. The van der Waals surface area contributed by atoms with E-state index in [1.807, 2.05) is 60.7 Å². The molecule has 3 rings (SSSR count). The molecule has 0 spiro atoms. The van der Waals surface area contributed by atoms with Gasteiger partial charge in [-0.2, -0.15) is 0 Å². The van der Waals surface area contributed by atoms with Crippen molar-refractivity contribution in [3.8, 4) is 0 Å². The zero-order valence-corrected chi connectivity index (χ0v) is 17.3. The van der Waals surface area contributed by atoms with Crippen molar-refractivity contribution in [1.29, 1.82) is 0 Å². The Labute approximate surface area is 176 Å². The number of benzene rings is 2. The molecule has 2 aromatic carbocycles. The summed E-state index contributed by atoms with van der Waals surface area (Å²) in [5.74, 6) is 0.531. The van der Waals surface area contributed by atoms with Crippen molar-refractivity contribution >= 4 is 17.6 Å². The number of nitrogens with zero attached hydrogens (tertiary/aromatic N) is 2. The maximum atomic E-state index is 13.0. The fraction of sp³-hybridized carbons (Fsp3) is 0.261. The minimum absolute atomic E-state index is 0.0435. The predicted molar refractivity (Wildman–Crippen MR) is 115 cm³/mol. The second kappa shape index (κ2) is 9.84. The van der Waals surface area contributed by atoms with Gasteiger partial charge in [-0.25, -0.2) is 0 Å². The Balaban J connectivity index is 1.65. The van der Waals surface area contributed by atoms with E-state index in [4.69, 9.17) is 4.52 Å². The Hall–Kier alpha value is -3.45. The number of aromatic nitrogens is 1. The normalized spacial score (nSPS) is 12.0. The smallest absolute Gasteiger partial charge is 0.239 e. The molecule has 1 aromatic heterocycles. The molecule has 7 heteroatoms. The number of carbonyl (C=O) groups is 2. The van der Waals surface area contributed by atoms with Gasteiger partial charge in [-0.1, -0.05) is 65.8 Å². The molecule has 30 heavy (non-hydrogen) atoms. The molecule has 7 nitrogen and oxygen atoms in total. The summed E-state index contributed by atoms with van der Waals surface area (Å²) in [5, 5.41) is 9.52. The van der Waals surface area contributed by atoms with Crippen molar-refractivity contribution in [3.63, 3.8) is 0 Å². The van der Waals surface area contributed by atoms with Gasteiger partial charge in [0.1, 0.15) is 5.76 Å². The van der Waals surface area contributed by atoms with Crippen LogP contribution >= 0.6 is 0 Å². The number of hydrogen-bond acceptors (Lipinski definition) is 5. The Morgan fingerprint density at radius 1 is 1.03 bits per heavy atom. The molecule has 0 aliphatic rings. The van der Waals surface area contributed by atoms with Gasteiger partial charge >= 0.3 is 0 Å². The van der Waals surface area contributed by atoms with Gasteiger partial charge in [0.25, 0.3) is 0 Å². The van der Waals surface area contributed by atoms with E-state index in [1.54, 1.807) is 31.9 Å². The summed E-state index contributed by atoms with van der Waals surface area (Å²) >= 11 is 0. The molecular formula is C23H26N4O3. The standard InChI is InChI=1S/C23H26N4O3/c1-16-14-20(26-30-16)24-21(28)15-27(3)17(2)23(29)25-22(18-10-6-4-7-11-18)19-12-8-5-9-13-19/h4-14,17,22H,15H2,1-3H3,(H,25,29)(H,24,26,28). The summed E-state index contributed by atoms with van der Waals surface area (Å²) in [7, 11) is 1.73. The number of likely N-dealkylation sites (N-methyl/N-ethyl adjacent to an activating group) is 1. The fourth-order valence-corrected chi connectivity index (χ4v) is 3.08. The van der Waals surface area contributed by atoms with Crippen molar-refractivity contribution < 1.29 is 14.1 Å². The first-order chi connectivity index (χ1) is 14.4. The van der Waals surface area contributed by atoms with E-state index >= 15 is 0 Å². The third-order valence-electron chi connectivity index (χ3n) is 4.88. The zero-order chi connectivity index (χ0) is 21.5. The molecule has 0 radical (unpaired) electrons. The Kier molecular flexibility index (Phi) is 6.98. The topological polar surface area (TPSA) is 87.5 Å². The van der Waals surface area contributed by atoms with Crippen LogP contribution < -0.4 is 10.6 Å².